The van der Waals surface area contributed by atoms with Crippen molar-refractivity contribution in [1.29, 1.82) is 5.26 Å². The number of hydrogen-bond donors (Lipinski definition) is 1. The predicted octanol–water partition coefficient (Wildman–Crippen LogP) is 5.92. The summed E-state index contributed by atoms with van der Waals surface area (Å²) < 4.78 is 17.2. The number of carbonyl (C=O) groups excluding carboxylic acids is 1. The van der Waals surface area contributed by atoms with Gasteiger partial charge < -0.3 is 19.9 Å². The predicted molar refractivity (Wildman–Crippen MR) is 146 cm³/mol. The number of allylic oxidation sites excluding steroid dienone is 1. The highest BCUT2D eigenvalue weighted by Crippen LogP contribution is 2.44. The van der Waals surface area contributed by atoms with Gasteiger partial charge in [-0.1, -0.05) is 60.2 Å². The average Bonchev–Trinajstić information content (AvgIpc) is 2.96. The molecule has 2 N–H and O–H groups in total. The first-order chi connectivity index (χ1) is 19.3. The fourth-order valence-corrected chi connectivity index (χ4v) is 4.44. The van der Waals surface area contributed by atoms with Gasteiger partial charge in [0.25, 0.3) is 5.69 Å². The van der Waals surface area contributed by atoms with Crippen molar-refractivity contribution in [1.82, 2.24) is 0 Å². The first-order valence-corrected chi connectivity index (χ1v) is 12.3. The molecule has 0 fully saturated rings. The number of aryl methyl sites for hydroxylation is 1. The van der Waals surface area contributed by atoms with Gasteiger partial charge in [0.2, 0.25) is 5.88 Å². The lowest BCUT2D eigenvalue weighted by molar-refractivity contribution is -0.385. The van der Waals surface area contributed by atoms with E-state index in [2.05, 4.69) is 6.07 Å². The molecule has 1 aliphatic heterocycles. The van der Waals surface area contributed by atoms with Crippen molar-refractivity contribution in [2.45, 2.75) is 19.4 Å². The summed E-state index contributed by atoms with van der Waals surface area (Å²) in [6, 6.07) is 27.8. The quantitative estimate of drug-likeness (QED) is 0.134. The van der Waals surface area contributed by atoms with Crippen LogP contribution in [0.4, 0.5) is 5.69 Å². The molecule has 0 aromatic heterocycles. The Balaban J connectivity index is 1.42. The fourth-order valence-electron chi connectivity index (χ4n) is 4.44. The second-order valence-electron chi connectivity index (χ2n) is 9.13. The first kappa shape index (κ1) is 26.0. The molecule has 9 heteroatoms. The molecule has 9 nitrogen and oxygen atoms in total. The van der Waals surface area contributed by atoms with Crippen LogP contribution < -0.4 is 19.9 Å². The Morgan fingerprint density at radius 3 is 2.55 bits per heavy atom. The first-order valence-electron chi connectivity index (χ1n) is 12.3. The third-order valence-corrected chi connectivity index (χ3v) is 6.44. The van der Waals surface area contributed by atoms with E-state index in [0.717, 1.165) is 16.7 Å². The number of nitrogens with zero attached hydrogens (tertiary/aromatic N) is 2. The lowest BCUT2D eigenvalue weighted by atomic mass is 9.83. The molecule has 0 radical (unpaired) electrons. The number of nitriles is 1. The van der Waals surface area contributed by atoms with E-state index in [1.165, 1.54) is 36.4 Å². The number of hydrogen-bond acceptors (Lipinski definition) is 8. The number of benzene rings is 4. The van der Waals surface area contributed by atoms with E-state index in [4.69, 9.17) is 19.9 Å². The molecule has 4 aromatic carbocycles. The SMILES string of the molecule is Cc1ccc(COc2cccc(C3C(C#N)=C(N)Oc4cc(OC(=O)c5ccccc5[N+](=O)[O-])ccc43)c2)cc1. The molecule has 40 heavy (non-hydrogen) atoms. The molecule has 5 rings (SSSR count). The molecular weight excluding hydrogens is 510 g/mol. The zero-order valence-electron chi connectivity index (χ0n) is 21.4. The van der Waals surface area contributed by atoms with Crippen LogP contribution in [0.2, 0.25) is 0 Å². The molecule has 0 amide bonds. The topological polar surface area (TPSA) is 138 Å². The lowest BCUT2D eigenvalue weighted by Crippen LogP contribution is -2.21. The Morgan fingerprint density at radius 2 is 1.80 bits per heavy atom. The second-order valence-corrected chi connectivity index (χ2v) is 9.13. The van der Waals surface area contributed by atoms with Crippen molar-refractivity contribution in [3.8, 4) is 23.3 Å². The molecular formula is C31H23N3O6. The number of nitrogens with two attached hydrogens (primary N) is 1. The summed E-state index contributed by atoms with van der Waals surface area (Å²) in [5, 5.41) is 21.2. The van der Waals surface area contributed by atoms with Crippen LogP contribution >= 0.6 is 0 Å². The molecule has 4 aromatic rings. The van der Waals surface area contributed by atoms with Crippen LogP contribution in [-0.4, -0.2) is 10.9 Å². The smallest absolute Gasteiger partial charge is 0.350 e. The van der Waals surface area contributed by atoms with Crippen LogP contribution in [0.5, 0.6) is 17.2 Å². The summed E-state index contributed by atoms with van der Waals surface area (Å²) >= 11 is 0. The van der Waals surface area contributed by atoms with Crippen LogP contribution in [0.15, 0.2) is 102 Å². The number of esters is 1. The molecule has 0 bridgehead atoms. The van der Waals surface area contributed by atoms with E-state index in [1.54, 1.807) is 6.07 Å². The van der Waals surface area contributed by atoms with Crippen LogP contribution in [0.25, 0.3) is 0 Å². The zero-order valence-corrected chi connectivity index (χ0v) is 21.4. The number of fused-ring (bicyclic) bond motifs is 1. The van der Waals surface area contributed by atoms with Gasteiger partial charge in [-0.25, -0.2) is 4.79 Å². The number of ether oxygens (including phenoxy) is 3. The number of carbonyl (C=O) groups is 1. The third kappa shape index (κ3) is 5.33. The highest BCUT2D eigenvalue weighted by atomic mass is 16.6. The summed E-state index contributed by atoms with van der Waals surface area (Å²) in [4.78, 5) is 23.4. The van der Waals surface area contributed by atoms with Crippen molar-refractivity contribution in [2.75, 3.05) is 0 Å². The Bertz CT molecular complexity index is 1690. The Hall–Kier alpha value is -5.62. The summed E-state index contributed by atoms with van der Waals surface area (Å²) in [6.07, 6.45) is 0. The monoisotopic (exact) mass is 533 g/mol. The van der Waals surface area contributed by atoms with Gasteiger partial charge in [-0.15, -0.1) is 0 Å². The van der Waals surface area contributed by atoms with Gasteiger partial charge in [0, 0.05) is 17.7 Å². The maximum Gasteiger partial charge on any atom is 0.350 e. The minimum Gasteiger partial charge on any atom is -0.489 e. The minimum absolute atomic E-state index is 0.0758. The van der Waals surface area contributed by atoms with Gasteiger partial charge in [-0.3, -0.25) is 10.1 Å². The van der Waals surface area contributed by atoms with Gasteiger partial charge in [0.05, 0.1) is 10.8 Å². The Morgan fingerprint density at radius 1 is 1.02 bits per heavy atom. The van der Waals surface area contributed by atoms with Gasteiger partial charge >= 0.3 is 5.97 Å². The van der Waals surface area contributed by atoms with Crippen molar-refractivity contribution in [3.05, 3.63) is 140 Å². The molecule has 1 atom stereocenters. The normalized spacial score (nSPS) is 13.9. The van der Waals surface area contributed by atoms with Crippen molar-refractivity contribution >= 4 is 11.7 Å². The summed E-state index contributed by atoms with van der Waals surface area (Å²) in [7, 11) is 0. The molecule has 198 valence electrons. The van der Waals surface area contributed by atoms with E-state index in [1.807, 2.05) is 55.5 Å². The highest BCUT2D eigenvalue weighted by Gasteiger charge is 2.31. The molecule has 0 saturated carbocycles. The Kier molecular flexibility index (Phi) is 7.16. The minimum atomic E-state index is -0.890. The zero-order chi connectivity index (χ0) is 28.2. The van der Waals surface area contributed by atoms with E-state index >= 15 is 0 Å². The van der Waals surface area contributed by atoms with E-state index in [-0.39, 0.29) is 28.5 Å². The molecule has 0 spiro atoms. The summed E-state index contributed by atoms with van der Waals surface area (Å²) in [6.45, 7) is 2.40. The van der Waals surface area contributed by atoms with Gasteiger partial charge in [-0.2, -0.15) is 5.26 Å². The standard InChI is InChI=1S/C31H23N3O6/c1-19-9-11-20(12-10-19)18-38-22-6-4-5-21(15-22)29-25-14-13-23(16-28(25)40-30(33)26(29)17-32)39-31(35)24-7-2-3-8-27(24)34(36)37/h2-16,29H,18,33H2,1H3. The van der Waals surface area contributed by atoms with Gasteiger partial charge in [0.15, 0.2) is 0 Å². The van der Waals surface area contributed by atoms with E-state index < -0.39 is 16.8 Å². The molecule has 1 heterocycles. The van der Waals surface area contributed by atoms with Crippen LogP contribution in [0.1, 0.15) is 38.5 Å². The number of rotatable bonds is 7. The van der Waals surface area contributed by atoms with Crippen molar-refractivity contribution in [3.63, 3.8) is 0 Å². The fraction of sp³-hybridized carbons (Fsp3) is 0.0968. The van der Waals surface area contributed by atoms with E-state index in [9.17, 15) is 20.2 Å². The molecule has 1 unspecified atom stereocenters. The average molecular weight is 534 g/mol. The molecule has 0 aliphatic carbocycles. The Labute approximate surface area is 229 Å². The molecule has 1 aliphatic rings. The summed E-state index contributed by atoms with van der Waals surface area (Å²) in [5.41, 5.74) is 9.40. The largest absolute Gasteiger partial charge is 0.489 e. The van der Waals surface area contributed by atoms with E-state index in [0.29, 0.717) is 23.7 Å². The lowest BCUT2D eigenvalue weighted by Gasteiger charge is -2.27. The second kappa shape index (κ2) is 11.0. The number of nitro benzene ring substituents is 1. The van der Waals surface area contributed by atoms with Crippen LogP contribution in [0, 0.1) is 28.4 Å². The number of nitro groups is 1. The maximum atomic E-state index is 12.7. The van der Waals surface area contributed by atoms with Crippen LogP contribution in [-0.2, 0) is 6.61 Å². The van der Waals surface area contributed by atoms with Crippen LogP contribution in [0.3, 0.4) is 0 Å². The highest BCUT2D eigenvalue weighted by molar-refractivity contribution is 5.95. The van der Waals surface area contributed by atoms with Crippen molar-refractivity contribution in [2.24, 2.45) is 5.73 Å². The maximum absolute atomic E-state index is 12.7. The van der Waals surface area contributed by atoms with Gasteiger partial charge in [0.1, 0.15) is 41.1 Å². The summed E-state index contributed by atoms with van der Waals surface area (Å²) in [5.74, 6) is -0.509. The van der Waals surface area contributed by atoms with Crippen molar-refractivity contribution < 1.29 is 23.9 Å². The van der Waals surface area contributed by atoms with Gasteiger partial charge in [-0.05, 0) is 42.3 Å². The third-order valence-electron chi connectivity index (χ3n) is 6.44. The molecule has 0 saturated heterocycles. The number of para-hydroxylation sites is 1.